The third-order valence-electron chi connectivity index (χ3n) is 4.80. The maximum absolute atomic E-state index is 12.2. The molecule has 0 unspecified atom stereocenters. The third kappa shape index (κ3) is 4.79. The molecule has 9 heteroatoms. The second-order valence-corrected chi connectivity index (χ2v) is 9.23. The zero-order chi connectivity index (χ0) is 21.9. The van der Waals surface area contributed by atoms with Crippen LogP contribution in [0, 0.1) is 13.8 Å². The Morgan fingerprint density at radius 1 is 1.27 bits per heavy atom. The van der Waals surface area contributed by atoms with Crippen molar-refractivity contribution in [3.8, 4) is 5.82 Å². The first kappa shape index (κ1) is 21.8. The Labute approximate surface area is 176 Å². The van der Waals surface area contributed by atoms with Gasteiger partial charge in [-0.05, 0) is 44.0 Å². The molecule has 3 aromatic heterocycles. The maximum Gasteiger partial charge on any atom is 0.257 e. The average molecular weight is 430 g/mol. The lowest BCUT2D eigenvalue weighted by molar-refractivity contribution is -0.114. The third-order valence-corrected chi connectivity index (χ3v) is 6.14. The van der Waals surface area contributed by atoms with E-state index in [1.807, 2.05) is 44.6 Å². The summed E-state index contributed by atoms with van der Waals surface area (Å²) in [4.78, 5) is 16.7. The number of carbonyl (C=O) groups is 1. The van der Waals surface area contributed by atoms with Gasteiger partial charge in [0.05, 0.1) is 11.4 Å². The van der Waals surface area contributed by atoms with Crippen molar-refractivity contribution < 1.29 is 13.2 Å². The molecule has 0 atom stereocenters. The van der Waals surface area contributed by atoms with Gasteiger partial charge in [-0.3, -0.25) is 14.0 Å². The van der Waals surface area contributed by atoms with E-state index in [2.05, 4.69) is 20.9 Å². The molecule has 1 N–H and O–H groups in total. The number of hydrogen-bond acceptors (Lipinski definition) is 5. The van der Waals surface area contributed by atoms with Gasteiger partial charge in [-0.2, -0.15) is 5.10 Å². The number of nitrogens with zero attached hydrogens (tertiary/aromatic N) is 4. The van der Waals surface area contributed by atoms with Crippen molar-refractivity contribution in [2.24, 2.45) is 7.05 Å². The lowest BCUT2D eigenvalue weighted by Crippen LogP contribution is -2.31. The Hall–Kier alpha value is -2.94. The lowest BCUT2D eigenvalue weighted by atomic mass is 10.2. The molecule has 160 valence electrons. The minimum Gasteiger partial charge on any atom is -0.285 e. The van der Waals surface area contributed by atoms with Crippen molar-refractivity contribution in [3.63, 3.8) is 0 Å². The Kier molecular flexibility index (Phi) is 6.40. The van der Waals surface area contributed by atoms with E-state index in [4.69, 9.17) is 0 Å². The number of rotatable bonds is 8. The summed E-state index contributed by atoms with van der Waals surface area (Å²) in [6.07, 6.45) is 8.78. The molecule has 8 nitrogen and oxygen atoms in total. The number of pyridine rings is 1. The summed E-state index contributed by atoms with van der Waals surface area (Å²) in [6, 6.07) is 4.02. The molecule has 0 saturated heterocycles. The Bertz CT molecular complexity index is 1200. The molecule has 1 amide bonds. The van der Waals surface area contributed by atoms with Crippen LogP contribution in [0.5, 0.6) is 0 Å². The van der Waals surface area contributed by atoms with Gasteiger partial charge in [0, 0.05) is 36.5 Å². The Balaban J connectivity index is 1.88. The number of nitrogens with one attached hydrogen (secondary N) is 1. The van der Waals surface area contributed by atoms with Crippen LogP contribution in [0.4, 0.5) is 0 Å². The molecule has 0 spiro atoms. The van der Waals surface area contributed by atoms with E-state index in [-0.39, 0.29) is 5.75 Å². The first-order valence-electron chi connectivity index (χ1n) is 9.92. The van der Waals surface area contributed by atoms with Gasteiger partial charge in [0.15, 0.2) is 0 Å². The van der Waals surface area contributed by atoms with Crippen LogP contribution in [-0.2, 0) is 21.9 Å². The predicted octanol–water partition coefficient (Wildman–Crippen LogP) is 3.03. The number of aromatic nitrogens is 4. The molecule has 30 heavy (non-hydrogen) atoms. The molecule has 0 saturated carbocycles. The monoisotopic (exact) mass is 429 g/mol. The SMILES string of the molecule is CCCCCS(=O)(=O)NC(=O)C=Cc1c(C)nn(C)c1-n1ccc2cc(C)cnc21. The van der Waals surface area contributed by atoms with Gasteiger partial charge >= 0.3 is 0 Å². The zero-order valence-corrected chi connectivity index (χ0v) is 18.5. The average Bonchev–Trinajstić information content (AvgIpc) is 3.18. The van der Waals surface area contributed by atoms with Gasteiger partial charge in [0.2, 0.25) is 10.0 Å². The van der Waals surface area contributed by atoms with Gasteiger partial charge in [-0.25, -0.2) is 18.1 Å². The molecule has 0 fully saturated rings. The minimum absolute atomic E-state index is 0.0575. The fourth-order valence-electron chi connectivity index (χ4n) is 3.39. The van der Waals surface area contributed by atoms with Gasteiger partial charge in [-0.15, -0.1) is 0 Å². The fourth-order valence-corrected chi connectivity index (χ4v) is 4.45. The molecule has 0 aromatic carbocycles. The van der Waals surface area contributed by atoms with Gasteiger partial charge in [0.1, 0.15) is 11.5 Å². The number of amides is 1. The highest BCUT2D eigenvalue weighted by atomic mass is 32.2. The molecule has 3 aromatic rings. The van der Waals surface area contributed by atoms with Crippen LogP contribution in [0.3, 0.4) is 0 Å². The number of aryl methyl sites for hydroxylation is 3. The number of fused-ring (bicyclic) bond motifs is 1. The molecular weight excluding hydrogens is 402 g/mol. The minimum atomic E-state index is -3.64. The first-order chi connectivity index (χ1) is 14.2. The molecule has 3 rings (SSSR count). The highest BCUT2D eigenvalue weighted by Gasteiger charge is 2.17. The van der Waals surface area contributed by atoms with E-state index < -0.39 is 15.9 Å². The Morgan fingerprint density at radius 2 is 2.03 bits per heavy atom. The summed E-state index contributed by atoms with van der Waals surface area (Å²) in [6.45, 7) is 5.82. The van der Waals surface area contributed by atoms with Crippen LogP contribution in [0.1, 0.15) is 43.0 Å². The van der Waals surface area contributed by atoms with Crippen LogP contribution in [-0.4, -0.2) is 39.4 Å². The summed E-state index contributed by atoms with van der Waals surface area (Å²) in [5.41, 5.74) is 3.28. The highest BCUT2D eigenvalue weighted by molar-refractivity contribution is 7.90. The molecule has 0 radical (unpaired) electrons. The smallest absolute Gasteiger partial charge is 0.257 e. The normalized spacial score (nSPS) is 12.1. The molecule has 0 bridgehead atoms. The number of carbonyl (C=O) groups excluding carboxylic acids is 1. The van der Waals surface area contributed by atoms with Crippen molar-refractivity contribution >= 4 is 33.0 Å². The summed E-state index contributed by atoms with van der Waals surface area (Å²) < 4.78 is 29.8. The van der Waals surface area contributed by atoms with E-state index in [0.717, 1.165) is 46.5 Å². The standard InChI is InChI=1S/C21H27N5O3S/c1-5-6-7-12-30(28,29)24-19(27)9-8-18-16(3)23-25(4)21(18)26-11-10-17-13-15(2)14-22-20(17)26/h8-11,13-14H,5-7,12H2,1-4H3,(H,24,27). The van der Waals surface area contributed by atoms with Crippen molar-refractivity contribution in [1.82, 2.24) is 24.1 Å². The number of unbranched alkanes of at least 4 members (excludes halogenated alkanes) is 2. The van der Waals surface area contributed by atoms with Crippen molar-refractivity contribution in [2.45, 2.75) is 40.0 Å². The lowest BCUT2D eigenvalue weighted by Gasteiger charge is -2.07. The molecule has 0 aliphatic carbocycles. The first-order valence-corrected chi connectivity index (χ1v) is 11.6. The summed E-state index contributed by atoms with van der Waals surface area (Å²) in [5, 5.41) is 5.46. The van der Waals surface area contributed by atoms with E-state index in [1.54, 1.807) is 17.0 Å². The van der Waals surface area contributed by atoms with Crippen molar-refractivity contribution in [2.75, 3.05) is 5.75 Å². The van der Waals surface area contributed by atoms with Gasteiger partial charge in [-0.1, -0.05) is 19.8 Å². The maximum atomic E-state index is 12.2. The van der Waals surface area contributed by atoms with Crippen LogP contribution in [0.2, 0.25) is 0 Å². The van der Waals surface area contributed by atoms with E-state index >= 15 is 0 Å². The van der Waals surface area contributed by atoms with Crippen LogP contribution in [0.15, 0.2) is 30.6 Å². The largest absolute Gasteiger partial charge is 0.285 e. The predicted molar refractivity (Wildman–Crippen MR) is 118 cm³/mol. The van der Waals surface area contributed by atoms with Gasteiger partial charge in [0.25, 0.3) is 5.91 Å². The van der Waals surface area contributed by atoms with E-state index in [0.29, 0.717) is 6.42 Å². The van der Waals surface area contributed by atoms with E-state index in [1.165, 1.54) is 6.08 Å². The second-order valence-electron chi connectivity index (χ2n) is 7.38. The van der Waals surface area contributed by atoms with Crippen molar-refractivity contribution in [3.05, 3.63) is 47.4 Å². The summed E-state index contributed by atoms with van der Waals surface area (Å²) >= 11 is 0. The van der Waals surface area contributed by atoms with Crippen LogP contribution < -0.4 is 4.72 Å². The molecule has 0 aliphatic rings. The number of hydrogen-bond donors (Lipinski definition) is 1. The zero-order valence-electron chi connectivity index (χ0n) is 17.7. The number of sulfonamides is 1. The van der Waals surface area contributed by atoms with Gasteiger partial charge < -0.3 is 0 Å². The topological polar surface area (TPSA) is 98.9 Å². The molecule has 0 aliphatic heterocycles. The van der Waals surface area contributed by atoms with E-state index in [9.17, 15) is 13.2 Å². The quantitative estimate of drug-likeness (QED) is 0.438. The summed E-state index contributed by atoms with van der Waals surface area (Å²) in [5.74, 6) is 0.0124. The van der Waals surface area contributed by atoms with Crippen LogP contribution in [0.25, 0.3) is 22.9 Å². The molecule has 3 heterocycles. The molecular formula is C21H27N5O3S. The highest BCUT2D eigenvalue weighted by Crippen LogP contribution is 2.24. The summed E-state index contributed by atoms with van der Waals surface area (Å²) in [7, 11) is -1.82. The van der Waals surface area contributed by atoms with Crippen LogP contribution >= 0.6 is 0 Å². The second kappa shape index (κ2) is 8.83. The van der Waals surface area contributed by atoms with Crippen molar-refractivity contribution in [1.29, 1.82) is 0 Å². The fraction of sp³-hybridized carbons (Fsp3) is 0.381. The Morgan fingerprint density at radius 3 is 2.77 bits per heavy atom.